The Kier molecular flexibility index (Phi) is 3.29. The summed E-state index contributed by atoms with van der Waals surface area (Å²) in [5, 5.41) is 8.95. The molecule has 1 aromatic heterocycles. The third-order valence-electron chi connectivity index (χ3n) is 3.88. The Morgan fingerprint density at radius 1 is 1.23 bits per heavy atom. The Labute approximate surface area is 128 Å². The molecule has 3 rings (SSSR count). The average molecular weight is 294 g/mol. The molecule has 0 saturated heterocycles. The summed E-state index contributed by atoms with van der Waals surface area (Å²) in [4.78, 5) is 16.7. The van der Waals surface area contributed by atoms with Crippen molar-refractivity contribution >= 4 is 5.78 Å². The molecule has 0 aliphatic heterocycles. The molecule has 0 unspecified atom stereocenters. The fourth-order valence-corrected chi connectivity index (χ4v) is 2.90. The molecule has 0 bridgehead atoms. The van der Waals surface area contributed by atoms with E-state index in [9.17, 15) is 9.18 Å². The number of ketones is 1. The SMILES string of the molecule is CC1(C)CC(=O)c2ccc(-c3cc(F)cc(C#N)c3)nc2C1. The number of aromatic nitrogens is 1. The Hall–Kier alpha value is -2.54. The van der Waals surface area contributed by atoms with Gasteiger partial charge in [0.25, 0.3) is 0 Å². The van der Waals surface area contributed by atoms with Gasteiger partial charge >= 0.3 is 0 Å². The number of nitrogens with zero attached hydrogens (tertiary/aromatic N) is 2. The number of hydrogen-bond donors (Lipinski definition) is 0. The van der Waals surface area contributed by atoms with Crippen LogP contribution < -0.4 is 0 Å². The lowest BCUT2D eigenvalue weighted by Crippen LogP contribution is -2.27. The molecule has 0 saturated carbocycles. The summed E-state index contributed by atoms with van der Waals surface area (Å²) >= 11 is 0. The summed E-state index contributed by atoms with van der Waals surface area (Å²) < 4.78 is 13.6. The van der Waals surface area contributed by atoms with Gasteiger partial charge in [0, 0.05) is 17.5 Å². The molecule has 1 aliphatic rings. The minimum Gasteiger partial charge on any atom is -0.294 e. The van der Waals surface area contributed by atoms with Crippen molar-refractivity contribution in [2.24, 2.45) is 5.41 Å². The van der Waals surface area contributed by atoms with Crippen LogP contribution in [0, 0.1) is 22.6 Å². The first-order valence-electron chi connectivity index (χ1n) is 7.12. The summed E-state index contributed by atoms with van der Waals surface area (Å²) in [5.74, 6) is -0.368. The second-order valence-corrected chi connectivity index (χ2v) is 6.47. The number of Topliss-reactive ketones (excluding diaryl/α,β-unsaturated/α-hetero) is 1. The lowest BCUT2D eigenvalue weighted by molar-refractivity contribution is 0.0910. The first-order valence-corrected chi connectivity index (χ1v) is 7.12. The van der Waals surface area contributed by atoms with Crippen LogP contribution in [0.4, 0.5) is 4.39 Å². The van der Waals surface area contributed by atoms with Gasteiger partial charge in [0.15, 0.2) is 5.78 Å². The van der Waals surface area contributed by atoms with E-state index >= 15 is 0 Å². The van der Waals surface area contributed by atoms with Crippen LogP contribution in [-0.2, 0) is 6.42 Å². The summed E-state index contributed by atoms with van der Waals surface area (Å²) in [6.07, 6.45) is 1.22. The molecular formula is C18H15FN2O. The number of nitriles is 1. The van der Waals surface area contributed by atoms with E-state index < -0.39 is 5.82 Å². The van der Waals surface area contributed by atoms with E-state index in [-0.39, 0.29) is 16.8 Å². The second kappa shape index (κ2) is 5.03. The van der Waals surface area contributed by atoms with Gasteiger partial charge < -0.3 is 0 Å². The molecule has 0 fully saturated rings. The van der Waals surface area contributed by atoms with E-state index in [2.05, 4.69) is 4.98 Å². The normalized spacial score (nSPS) is 16.0. The fraction of sp³-hybridized carbons (Fsp3) is 0.278. The minimum atomic E-state index is -0.468. The number of halogens is 1. The van der Waals surface area contributed by atoms with E-state index in [0.29, 0.717) is 29.7 Å². The number of carbonyl (C=O) groups excluding carboxylic acids is 1. The zero-order valence-electron chi connectivity index (χ0n) is 12.5. The van der Waals surface area contributed by atoms with E-state index in [1.54, 1.807) is 18.2 Å². The summed E-state index contributed by atoms with van der Waals surface area (Å²) in [6, 6.07) is 9.55. The van der Waals surface area contributed by atoms with Crippen molar-refractivity contribution < 1.29 is 9.18 Å². The first kappa shape index (κ1) is 14.4. The Balaban J connectivity index is 2.10. The highest BCUT2D eigenvalue weighted by atomic mass is 19.1. The Bertz CT molecular complexity index is 818. The van der Waals surface area contributed by atoms with Crippen molar-refractivity contribution in [3.8, 4) is 17.3 Å². The number of hydrogen-bond acceptors (Lipinski definition) is 3. The van der Waals surface area contributed by atoms with Crippen LogP contribution in [0.1, 0.15) is 41.9 Å². The molecule has 0 spiro atoms. The molecule has 0 amide bonds. The Morgan fingerprint density at radius 2 is 2.00 bits per heavy atom. The van der Waals surface area contributed by atoms with Gasteiger partial charge in [-0.25, -0.2) is 4.39 Å². The zero-order valence-corrected chi connectivity index (χ0v) is 12.5. The number of rotatable bonds is 1. The molecule has 0 radical (unpaired) electrons. The highest BCUT2D eigenvalue weighted by Gasteiger charge is 2.31. The lowest BCUT2D eigenvalue weighted by atomic mass is 9.75. The van der Waals surface area contributed by atoms with Crippen molar-refractivity contribution in [3.63, 3.8) is 0 Å². The van der Waals surface area contributed by atoms with Crippen LogP contribution in [0.3, 0.4) is 0 Å². The van der Waals surface area contributed by atoms with Crippen LogP contribution in [0.2, 0.25) is 0 Å². The number of carbonyl (C=O) groups is 1. The van der Waals surface area contributed by atoms with Gasteiger partial charge in [0.05, 0.1) is 23.0 Å². The van der Waals surface area contributed by atoms with E-state index in [0.717, 1.165) is 5.69 Å². The molecule has 1 aromatic carbocycles. The van der Waals surface area contributed by atoms with Gasteiger partial charge in [-0.05, 0) is 42.2 Å². The molecular weight excluding hydrogens is 279 g/mol. The van der Waals surface area contributed by atoms with Crippen LogP contribution in [-0.4, -0.2) is 10.8 Å². The molecule has 22 heavy (non-hydrogen) atoms. The average Bonchev–Trinajstić information content (AvgIpc) is 2.44. The van der Waals surface area contributed by atoms with Gasteiger partial charge in [0.2, 0.25) is 0 Å². The molecule has 110 valence electrons. The third kappa shape index (κ3) is 2.62. The fourth-order valence-electron chi connectivity index (χ4n) is 2.90. The van der Waals surface area contributed by atoms with E-state index in [4.69, 9.17) is 5.26 Å². The maximum atomic E-state index is 13.6. The lowest BCUT2D eigenvalue weighted by Gasteiger charge is -2.29. The zero-order chi connectivity index (χ0) is 15.9. The van der Waals surface area contributed by atoms with Gasteiger partial charge in [-0.1, -0.05) is 13.8 Å². The monoisotopic (exact) mass is 294 g/mol. The standard InChI is InChI=1S/C18H15FN2O/c1-18(2)8-16-14(17(22)9-18)3-4-15(21-16)12-5-11(10-20)6-13(19)7-12/h3-7H,8-9H2,1-2H3. The van der Waals surface area contributed by atoms with E-state index in [1.807, 2.05) is 19.9 Å². The van der Waals surface area contributed by atoms with Crippen LogP contribution in [0.15, 0.2) is 30.3 Å². The quantitative estimate of drug-likeness (QED) is 0.801. The number of fused-ring (bicyclic) bond motifs is 1. The van der Waals surface area contributed by atoms with Crippen molar-refractivity contribution in [1.82, 2.24) is 4.98 Å². The van der Waals surface area contributed by atoms with Crippen LogP contribution >= 0.6 is 0 Å². The summed E-state index contributed by atoms with van der Waals surface area (Å²) in [5.41, 5.74) is 2.68. The van der Waals surface area contributed by atoms with Crippen molar-refractivity contribution in [3.05, 3.63) is 53.0 Å². The first-order chi connectivity index (χ1) is 10.4. The third-order valence-corrected chi connectivity index (χ3v) is 3.88. The van der Waals surface area contributed by atoms with Gasteiger partial charge in [0.1, 0.15) is 5.82 Å². The summed E-state index contributed by atoms with van der Waals surface area (Å²) in [6.45, 7) is 4.08. The minimum absolute atomic E-state index is 0.0993. The predicted octanol–water partition coefficient (Wildman–Crippen LogP) is 3.91. The summed E-state index contributed by atoms with van der Waals surface area (Å²) in [7, 11) is 0. The molecule has 0 N–H and O–H groups in total. The highest BCUT2D eigenvalue weighted by Crippen LogP contribution is 2.35. The van der Waals surface area contributed by atoms with Crippen LogP contribution in [0.5, 0.6) is 0 Å². The van der Waals surface area contributed by atoms with Crippen LogP contribution in [0.25, 0.3) is 11.3 Å². The topological polar surface area (TPSA) is 53.8 Å². The molecule has 3 nitrogen and oxygen atoms in total. The molecule has 0 atom stereocenters. The maximum absolute atomic E-state index is 13.6. The highest BCUT2D eigenvalue weighted by molar-refractivity contribution is 5.98. The van der Waals surface area contributed by atoms with Crippen molar-refractivity contribution in [2.75, 3.05) is 0 Å². The molecule has 1 aliphatic carbocycles. The molecule has 4 heteroatoms. The van der Waals surface area contributed by atoms with Crippen molar-refractivity contribution in [2.45, 2.75) is 26.7 Å². The molecule has 1 heterocycles. The number of benzene rings is 1. The van der Waals surface area contributed by atoms with Gasteiger partial charge in [-0.2, -0.15) is 5.26 Å². The predicted molar refractivity (Wildman–Crippen MR) is 80.8 cm³/mol. The van der Waals surface area contributed by atoms with Crippen molar-refractivity contribution in [1.29, 1.82) is 5.26 Å². The van der Waals surface area contributed by atoms with Gasteiger partial charge in [-0.15, -0.1) is 0 Å². The van der Waals surface area contributed by atoms with E-state index in [1.165, 1.54) is 12.1 Å². The smallest absolute Gasteiger partial charge is 0.165 e. The molecule has 2 aromatic rings. The maximum Gasteiger partial charge on any atom is 0.165 e. The largest absolute Gasteiger partial charge is 0.294 e. The number of pyridine rings is 1. The Morgan fingerprint density at radius 3 is 2.73 bits per heavy atom. The second-order valence-electron chi connectivity index (χ2n) is 6.47. The van der Waals surface area contributed by atoms with Gasteiger partial charge in [-0.3, -0.25) is 9.78 Å².